The fourth-order valence-electron chi connectivity index (χ4n) is 3.97. The number of halogens is 3. The van der Waals surface area contributed by atoms with Crippen molar-refractivity contribution in [3.63, 3.8) is 0 Å². The lowest BCUT2D eigenvalue weighted by Gasteiger charge is -2.36. The molecule has 5 rings (SSSR count). The summed E-state index contributed by atoms with van der Waals surface area (Å²) < 4.78 is 45.6. The van der Waals surface area contributed by atoms with Gasteiger partial charge in [0.2, 0.25) is 5.95 Å². The fraction of sp³-hybridized carbons (Fsp3) is 0.429. The molecule has 0 radical (unpaired) electrons. The highest BCUT2D eigenvalue weighted by Gasteiger charge is 2.39. The van der Waals surface area contributed by atoms with E-state index in [1.807, 2.05) is 0 Å². The first-order valence-electron chi connectivity index (χ1n) is 10.2. The maximum Gasteiger partial charge on any atom is 0.433 e. The lowest BCUT2D eigenvalue weighted by atomic mass is 10.1. The first kappa shape index (κ1) is 19.9. The second kappa shape index (κ2) is 7.92. The van der Waals surface area contributed by atoms with Gasteiger partial charge in [-0.2, -0.15) is 23.1 Å². The van der Waals surface area contributed by atoms with Crippen molar-refractivity contribution in [2.24, 2.45) is 5.92 Å². The summed E-state index contributed by atoms with van der Waals surface area (Å²) in [4.78, 5) is 19.4. The van der Waals surface area contributed by atoms with Crippen LogP contribution in [0.4, 0.5) is 24.9 Å². The molecule has 1 saturated carbocycles. The number of morpholine rings is 1. The molecule has 3 aromatic heterocycles. The number of nitrogens with one attached hydrogen (secondary N) is 1. The summed E-state index contributed by atoms with van der Waals surface area (Å²) in [5, 5.41) is 3.72. The van der Waals surface area contributed by atoms with Gasteiger partial charge in [-0.15, -0.1) is 0 Å². The first-order valence-corrected chi connectivity index (χ1v) is 10.2. The van der Waals surface area contributed by atoms with Crippen LogP contribution >= 0.6 is 0 Å². The normalized spacial score (nSPS) is 19.6. The lowest BCUT2D eigenvalue weighted by molar-refractivity contribution is -0.141. The number of alkyl halides is 3. The maximum atomic E-state index is 13.3. The zero-order valence-corrected chi connectivity index (χ0v) is 16.6. The van der Waals surface area contributed by atoms with Gasteiger partial charge in [-0.1, -0.05) is 6.07 Å². The smallest absolute Gasteiger partial charge is 0.377 e. The minimum absolute atomic E-state index is 0.0504. The van der Waals surface area contributed by atoms with E-state index >= 15 is 0 Å². The highest BCUT2D eigenvalue weighted by molar-refractivity contribution is 5.87. The van der Waals surface area contributed by atoms with Crippen LogP contribution in [-0.2, 0) is 17.5 Å². The number of pyridine rings is 2. The molecular weight excluding hydrogens is 409 g/mol. The van der Waals surface area contributed by atoms with E-state index in [0.717, 1.165) is 19.0 Å². The van der Waals surface area contributed by atoms with Gasteiger partial charge >= 0.3 is 6.18 Å². The monoisotopic (exact) mass is 430 g/mol. The van der Waals surface area contributed by atoms with Gasteiger partial charge in [0.1, 0.15) is 11.5 Å². The molecule has 31 heavy (non-hydrogen) atoms. The summed E-state index contributed by atoms with van der Waals surface area (Å²) in [6, 6.07) is 6.67. The molecule has 1 atom stereocenters. The van der Waals surface area contributed by atoms with Crippen LogP contribution in [0.25, 0.3) is 11.0 Å². The van der Waals surface area contributed by atoms with Crippen molar-refractivity contribution >= 4 is 22.8 Å². The minimum Gasteiger partial charge on any atom is -0.377 e. The molecule has 1 saturated heterocycles. The maximum absolute atomic E-state index is 13.3. The van der Waals surface area contributed by atoms with E-state index < -0.39 is 11.9 Å². The Morgan fingerprint density at radius 2 is 1.90 bits per heavy atom. The second-order valence-corrected chi connectivity index (χ2v) is 7.78. The minimum atomic E-state index is -4.52. The summed E-state index contributed by atoms with van der Waals surface area (Å²) in [6.07, 6.45) is 0.573. The molecule has 1 aliphatic heterocycles. The molecular formula is C21H21F3N6O. The molecule has 3 aromatic rings. The van der Waals surface area contributed by atoms with Crippen LogP contribution in [0.1, 0.15) is 24.1 Å². The number of nitrogens with zero attached hydrogens (tertiary/aromatic N) is 5. The first-order chi connectivity index (χ1) is 15.0. The molecule has 10 heteroatoms. The Bertz CT molecular complexity index is 1090. The number of hydrogen-bond donors (Lipinski definition) is 1. The van der Waals surface area contributed by atoms with Crippen molar-refractivity contribution in [1.82, 2.24) is 19.9 Å². The largest absolute Gasteiger partial charge is 0.433 e. The van der Waals surface area contributed by atoms with Crippen LogP contribution in [0.3, 0.4) is 0 Å². The average molecular weight is 430 g/mol. The van der Waals surface area contributed by atoms with Gasteiger partial charge in [-0.25, -0.2) is 4.98 Å². The Hall–Kier alpha value is -3.01. The van der Waals surface area contributed by atoms with Crippen LogP contribution in [0.15, 0.2) is 36.7 Å². The predicted octanol–water partition coefficient (Wildman–Crippen LogP) is 3.67. The van der Waals surface area contributed by atoms with E-state index in [-0.39, 0.29) is 18.2 Å². The van der Waals surface area contributed by atoms with Gasteiger partial charge in [-0.05, 0) is 37.0 Å². The Kier molecular flexibility index (Phi) is 5.09. The summed E-state index contributed by atoms with van der Waals surface area (Å²) in [7, 11) is 0. The third kappa shape index (κ3) is 4.12. The van der Waals surface area contributed by atoms with Crippen LogP contribution in [0, 0.1) is 5.92 Å². The zero-order valence-electron chi connectivity index (χ0n) is 16.6. The molecule has 2 fully saturated rings. The number of hydrogen-bond acceptors (Lipinski definition) is 7. The molecule has 0 bridgehead atoms. The van der Waals surface area contributed by atoms with E-state index in [1.165, 1.54) is 12.1 Å². The van der Waals surface area contributed by atoms with Gasteiger partial charge in [0.05, 0.1) is 24.6 Å². The standard InChI is InChI=1S/C21H21F3N6O/c22-21(23,24)17-14(3-1-7-25-17)11-27-19-15-4-2-8-26-18(15)28-20(29-19)30-9-10-31-12-16(30)13-5-6-13/h1-4,7-8,13,16H,5-6,9-12H2,(H,26,27,28,29). The molecule has 7 nitrogen and oxygen atoms in total. The highest BCUT2D eigenvalue weighted by Crippen LogP contribution is 2.38. The predicted molar refractivity (Wildman–Crippen MR) is 109 cm³/mol. The van der Waals surface area contributed by atoms with E-state index in [9.17, 15) is 13.2 Å². The summed E-state index contributed by atoms with van der Waals surface area (Å²) >= 11 is 0. The van der Waals surface area contributed by atoms with Crippen LogP contribution < -0.4 is 10.2 Å². The third-order valence-electron chi connectivity index (χ3n) is 5.65. The summed E-state index contributed by atoms with van der Waals surface area (Å²) in [5.74, 6) is 1.53. The highest BCUT2D eigenvalue weighted by atomic mass is 19.4. The Labute approximate surface area is 176 Å². The van der Waals surface area contributed by atoms with Gasteiger partial charge in [0, 0.05) is 31.0 Å². The Morgan fingerprint density at radius 3 is 2.71 bits per heavy atom. The van der Waals surface area contributed by atoms with Crippen LogP contribution in [-0.4, -0.2) is 45.7 Å². The van der Waals surface area contributed by atoms with E-state index in [0.29, 0.717) is 48.5 Å². The lowest BCUT2D eigenvalue weighted by Crippen LogP contribution is -2.47. The van der Waals surface area contributed by atoms with Gasteiger partial charge in [0.25, 0.3) is 0 Å². The third-order valence-corrected chi connectivity index (χ3v) is 5.65. The van der Waals surface area contributed by atoms with Crippen molar-refractivity contribution in [3.8, 4) is 0 Å². The van der Waals surface area contributed by atoms with Crippen molar-refractivity contribution in [2.75, 3.05) is 30.0 Å². The van der Waals surface area contributed by atoms with E-state index in [4.69, 9.17) is 9.72 Å². The molecule has 1 N–H and O–H groups in total. The van der Waals surface area contributed by atoms with E-state index in [1.54, 1.807) is 18.3 Å². The second-order valence-electron chi connectivity index (χ2n) is 7.78. The molecule has 1 aliphatic carbocycles. The number of ether oxygens (including phenoxy) is 1. The van der Waals surface area contributed by atoms with Gasteiger partial charge in [0.15, 0.2) is 5.65 Å². The molecule has 0 aromatic carbocycles. The molecule has 0 spiro atoms. The average Bonchev–Trinajstić information content (AvgIpc) is 3.62. The molecule has 2 aliphatic rings. The summed E-state index contributed by atoms with van der Waals surface area (Å²) in [5.41, 5.74) is -0.353. The van der Waals surface area contributed by atoms with Crippen molar-refractivity contribution < 1.29 is 17.9 Å². The quantitative estimate of drug-likeness (QED) is 0.662. The Morgan fingerprint density at radius 1 is 1.10 bits per heavy atom. The molecule has 162 valence electrons. The van der Waals surface area contributed by atoms with Crippen LogP contribution in [0.5, 0.6) is 0 Å². The zero-order chi connectivity index (χ0) is 21.4. The SMILES string of the molecule is FC(F)(F)c1ncccc1CNc1nc(N2CCOCC2C2CC2)nc2ncccc12. The number of anilines is 2. The van der Waals surface area contributed by atoms with Crippen molar-refractivity contribution in [3.05, 3.63) is 47.9 Å². The van der Waals surface area contributed by atoms with Crippen LogP contribution in [0.2, 0.25) is 0 Å². The fourth-order valence-corrected chi connectivity index (χ4v) is 3.97. The number of aromatic nitrogens is 4. The molecule has 0 amide bonds. The van der Waals surface area contributed by atoms with E-state index in [2.05, 4.69) is 25.2 Å². The Balaban J connectivity index is 1.49. The molecule has 4 heterocycles. The summed E-state index contributed by atoms with van der Waals surface area (Å²) in [6.45, 7) is 1.81. The van der Waals surface area contributed by atoms with Gasteiger partial charge < -0.3 is 15.0 Å². The molecule has 1 unspecified atom stereocenters. The van der Waals surface area contributed by atoms with Gasteiger partial charge in [-0.3, -0.25) is 4.98 Å². The van der Waals surface area contributed by atoms with Crippen molar-refractivity contribution in [1.29, 1.82) is 0 Å². The topological polar surface area (TPSA) is 76.1 Å². The van der Waals surface area contributed by atoms with Crippen molar-refractivity contribution in [2.45, 2.75) is 31.6 Å². The number of fused-ring (bicyclic) bond motifs is 1. The number of rotatable bonds is 5.